The van der Waals surface area contributed by atoms with Crippen LogP contribution in [0.2, 0.25) is 0 Å². The average molecular weight is 754 g/mol. The summed E-state index contributed by atoms with van der Waals surface area (Å²) in [6, 6.07) is 29.6. The van der Waals surface area contributed by atoms with Gasteiger partial charge in [-0.15, -0.1) is 0 Å². The molecule has 4 aromatic rings. The second kappa shape index (κ2) is 15.1. The maximum Gasteiger partial charge on any atom is 0.262 e. The maximum absolute atomic E-state index is 13.3. The van der Waals surface area contributed by atoms with Crippen LogP contribution >= 0.6 is 0 Å². The number of piperidine rings is 2. The Kier molecular flexibility index (Phi) is 9.71. The molecule has 0 bridgehead atoms. The number of amides is 4. The molecule has 3 fully saturated rings. The highest BCUT2D eigenvalue weighted by Crippen LogP contribution is 2.47. The van der Waals surface area contributed by atoms with Gasteiger partial charge in [-0.05, 0) is 85.7 Å². The zero-order valence-electron chi connectivity index (χ0n) is 31.4. The smallest absolute Gasteiger partial charge is 0.262 e. The van der Waals surface area contributed by atoms with Gasteiger partial charge in [0.2, 0.25) is 11.8 Å². The highest BCUT2D eigenvalue weighted by Gasteiger charge is 2.45. The average Bonchev–Trinajstić information content (AvgIpc) is 3.48. The van der Waals surface area contributed by atoms with E-state index in [-0.39, 0.29) is 36.3 Å². The first-order valence-electron chi connectivity index (χ1n) is 20.0. The number of hydrogen-bond acceptors (Lipinski definition) is 9. The van der Waals surface area contributed by atoms with Gasteiger partial charge in [-0.25, -0.2) is 0 Å². The molecule has 0 aliphatic carbocycles. The van der Waals surface area contributed by atoms with Gasteiger partial charge in [0.05, 0.1) is 17.7 Å². The number of benzene rings is 4. The molecule has 288 valence electrons. The van der Waals surface area contributed by atoms with Crippen molar-refractivity contribution in [1.82, 2.24) is 15.1 Å². The predicted octanol–water partition coefficient (Wildman–Crippen LogP) is 5.53. The van der Waals surface area contributed by atoms with Gasteiger partial charge in [-0.2, -0.15) is 0 Å². The molecule has 0 aromatic heterocycles. The van der Waals surface area contributed by atoms with E-state index in [2.05, 4.69) is 68.5 Å². The van der Waals surface area contributed by atoms with Crippen LogP contribution in [0.4, 0.5) is 11.4 Å². The molecule has 56 heavy (non-hydrogen) atoms. The molecule has 5 aliphatic rings. The molecule has 0 spiro atoms. The third kappa shape index (κ3) is 6.89. The molecule has 3 atom stereocenters. The van der Waals surface area contributed by atoms with Gasteiger partial charge >= 0.3 is 0 Å². The number of fused-ring (bicyclic) bond motifs is 2. The number of ether oxygens (including phenoxy) is 1. The number of hydrogen-bond donors (Lipinski definition) is 2. The number of carbonyl (C=O) groups is 4. The van der Waals surface area contributed by atoms with Gasteiger partial charge in [0.1, 0.15) is 17.5 Å². The van der Waals surface area contributed by atoms with Crippen LogP contribution < -0.4 is 19.9 Å². The molecule has 3 saturated heterocycles. The fourth-order valence-electron chi connectivity index (χ4n) is 9.42. The molecule has 5 heterocycles. The van der Waals surface area contributed by atoms with E-state index < -0.39 is 23.8 Å². The Morgan fingerprint density at radius 3 is 2.16 bits per heavy atom. The molecule has 4 aromatic carbocycles. The van der Waals surface area contributed by atoms with Crippen LogP contribution in [0.15, 0.2) is 91.0 Å². The van der Waals surface area contributed by atoms with Crippen molar-refractivity contribution in [3.63, 3.8) is 0 Å². The molecule has 2 N–H and O–H groups in total. The van der Waals surface area contributed by atoms with Crippen LogP contribution in [-0.4, -0.2) is 97.0 Å². The molecule has 11 nitrogen and oxygen atoms in total. The summed E-state index contributed by atoms with van der Waals surface area (Å²) in [4.78, 5) is 58.9. The Balaban J connectivity index is 0.764. The number of phenols is 1. The molecule has 9 rings (SSSR count). The normalized spacial score (nSPS) is 23.1. The first kappa shape index (κ1) is 36.0. The van der Waals surface area contributed by atoms with Crippen LogP contribution in [0.1, 0.15) is 81.3 Å². The van der Waals surface area contributed by atoms with Gasteiger partial charge in [0.15, 0.2) is 0 Å². The van der Waals surface area contributed by atoms with E-state index in [1.807, 2.05) is 18.2 Å². The Hall–Kier alpha value is -5.68. The van der Waals surface area contributed by atoms with Gasteiger partial charge in [-0.1, -0.05) is 48.5 Å². The second-order valence-corrected chi connectivity index (χ2v) is 15.8. The molecule has 4 amide bonds. The SMILES string of the molecule is O=C1CCC(N2C(=O)c3ccc(N4CCN(CCC5CCN(c6ccc([C@@H]7c8ccc(O)cc8OC[C@@H]7c7ccccc7)cc6)CC5)CC4)cc3C2=O)C(=O)N1. The standard InChI is InChI=1S/C45H47N5O6/c51-34-11-13-36-40(27-34)56-28-38(30-4-2-1-3-5-30)42(36)31-6-8-32(9-7-31)48-20-17-29(18-21-48)16-19-47-22-24-49(25-23-47)33-10-12-35-37(26-33)45(55)50(44(35)54)39-14-15-41(52)46-43(39)53/h1-13,26-27,29,38-39,42,51H,14-25,28H2,(H,46,52,53)/t38-,39?,42-/m1/s1. The number of nitrogens with zero attached hydrogens (tertiary/aromatic N) is 4. The third-order valence-electron chi connectivity index (χ3n) is 12.6. The highest BCUT2D eigenvalue weighted by atomic mass is 16.5. The van der Waals surface area contributed by atoms with Gasteiger partial charge in [-0.3, -0.25) is 34.3 Å². The van der Waals surface area contributed by atoms with Gasteiger partial charge < -0.3 is 19.6 Å². The lowest BCUT2D eigenvalue weighted by atomic mass is 9.76. The molecular formula is C45H47N5O6. The summed E-state index contributed by atoms with van der Waals surface area (Å²) < 4.78 is 6.17. The van der Waals surface area contributed by atoms with Crippen molar-refractivity contribution in [2.75, 3.05) is 62.2 Å². The highest BCUT2D eigenvalue weighted by molar-refractivity contribution is 6.23. The Morgan fingerprint density at radius 2 is 1.41 bits per heavy atom. The van der Waals surface area contributed by atoms with E-state index >= 15 is 0 Å². The van der Waals surface area contributed by atoms with Crippen LogP contribution in [-0.2, 0) is 9.59 Å². The second-order valence-electron chi connectivity index (χ2n) is 15.8. The summed E-state index contributed by atoms with van der Waals surface area (Å²) in [5.41, 5.74) is 6.42. The molecule has 1 unspecified atom stereocenters. The zero-order chi connectivity index (χ0) is 38.3. The van der Waals surface area contributed by atoms with Crippen molar-refractivity contribution in [1.29, 1.82) is 0 Å². The quantitative estimate of drug-likeness (QED) is 0.224. The molecule has 5 aliphatic heterocycles. The first-order valence-corrected chi connectivity index (χ1v) is 20.0. The summed E-state index contributed by atoms with van der Waals surface area (Å²) in [5.74, 6) is 0.0525. The first-order chi connectivity index (χ1) is 27.3. The fourth-order valence-corrected chi connectivity index (χ4v) is 9.42. The zero-order valence-corrected chi connectivity index (χ0v) is 31.4. The number of carbonyl (C=O) groups excluding carboxylic acids is 4. The predicted molar refractivity (Wildman–Crippen MR) is 212 cm³/mol. The van der Waals surface area contributed by atoms with Crippen molar-refractivity contribution in [2.45, 2.75) is 50.0 Å². The van der Waals surface area contributed by atoms with Crippen LogP contribution in [0.3, 0.4) is 0 Å². The number of nitrogens with one attached hydrogen (secondary N) is 1. The summed E-state index contributed by atoms with van der Waals surface area (Å²) in [7, 11) is 0. The number of phenolic OH excluding ortho intramolecular Hbond substituents is 1. The minimum atomic E-state index is -0.959. The van der Waals surface area contributed by atoms with Gasteiger partial charge in [0.25, 0.3) is 11.8 Å². The Morgan fingerprint density at radius 1 is 0.696 bits per heavy atom. The minimum absolute atomic E-state index is 0.103. The lowest BCUT2D eigenvalue weighted by Gasteiger charge is -2.38. The summed E-state index contributed by atoms with van der Waals surface area (Å²) in [6.45, 7) is 7.25. The molecule has 0 saturated carbocycles. The van der Waals surface area contributed by atoms with Crippen molar-refractivity contribution in [3.05, 3.63) is 119 Å². The van der Waals surface area contributed by atoms with E-state index in [1.54, 1.807) is 24.3 Å². The number of imide groups is 2. The van der Waals surface area contributed by atoms with Crippen LogP contribution in [0, 0.1) is 5.92 Å². The van der Waals surface area contributed by atoms with Crippen molar-refractivity contribution < 1.29 is 29.0 Å². The van der Waals surface area contributed by atoms with Crippen molar-refractivity contribution in [3.8, 4) is 11.5 Å². The number of aromatic hydroxyl groups is 1. The lowest BCUT2D eigenvalue weighted by molar-refractivity contribution is -0.136. The molecule has 0 radical (unpaired) electrons. The number of rotatable bonds is 8. The maximum atomic E-state index is 13.3. The number of anilines is 2. The summed E-state index contributed by atoms with van der Waals surface area (Å²) in [5, 5.41) is 12.4. The van der Waals surface area contributed by atoms with E-state index in [0.717, 1.165) is 67.7 Å². The topological polar surface area (TPSA) is 123 Å². The fraction of sp³-hybridized carbons (Fsp3) is 0.378. The van der Waals surface area contributed by atoms with Gasteiger partial charge in [0, 0.05) is 80.5 Å². The molecule has 11 heteroatoms. The van der Waals surface area contributed by atoms with E-state index in [9.17, 15) is 24.3 Å². The number of piperazine rings is 1. The van der Waals surface area contributed by atoms with E-state index in [4.69, 9.17) is 4.74 Å². The van der Waals surface area contributed by atoms with E-state index in [1.165, 1.54) is 36.1 Å². The van der Waals surface area contributed by atoms with Crippen LogP contribution in [0.5, 0.6) is 11.5 Å². The van der Waals surface area contributed by atoms with Crippen LogP contribution in [0.25, 0.3) is 0 Å². The Labute approximate surface area is 326 Å². The molecular weight excluding hydrogens is 707 g/mol. The summed E-state index contributed by atoms with van der Waals surface area (Å²) >= 11 is 0. The lowest BCUT2D eigenvalue weighted by Crippen LogP contribution is -2.54. The largest absolute Gasteiger partial charge is 0.508 e. The minimum Gasteiger partial charge on any atom is -0.508 e. The summed E-state index contributed by atoms with van der Waals surface area (Å²) in [6.07, 6.45) is 3.78. The van der Waals surface area contributed by atoms with E-state index in [0.29, 0.717) is 23.7 Å². The monoisotopic (exact) mass is 753 g/mol. The third-order valence-corrected chi connectivity index (χ3v) is 12.6. The Bertz CT molecular complexity index is 2140. The van der Waals surface area contributed by atoms with Crippen molar-refractivity contribution >= 4 is 35.0 Å². The van der Waals surface area contributed by atoms with Crippen molar-refractivity contribution in [2.24, 2.45) is 5.92 Å².